The highest BCUT2D eigenvalue weighted by atomic mass is 127. The van der Waals surface area contributed by atoms with Gasteiger partial charge in [-0.25, -0.2) is 0 Å². The monoisotopic (exact) mass is 387 g/mol. The van der Waals surface area contributed by atoms with Crippen LogP contribution in [0.15, 0.2) is 35.7 Å². The van der Waals surface area contributed by atoms with Crippen LogP contribution in [0.2, 0.25) is 0 Å². The van der Waals surface area contributed by atoms with E-state index in [2.05, 4.69) is 27.9 Å². The molecule has 0 spiro atoms. The number of thiophene rings is 1. The van der Waals surface area contributed by atoms with Gasteiger partial charge < -0.3 is 10.1 Å². The second kappa shape index (κ2) is 6.38. The molecule has 1 unspecified atom stereocenters. The fraction of sp³-hybridized carbons (Fsp3) is 0.214. The Hall–Kier alpha value is -1.08. The lowest BCUT2D eigenvalue weighted by molar-refractivity contribution is 0.0940. The van der Waals surface area contributed by atoms with Gasteiger partial charge in [-0.1, -0.05) is 12.1 Å². The van der Waals surface area contributed by atoms with Gasteiger partial charge in [-0.05, 0) is 53.3 Å². The summed E-state index contributed by atoms with van der Waals surface area (Å²) in [5.41, 5.74) is 1.77. The lowest BCUT2D eigenvalue weighted by atomic mass is 10.1. The molecule has 2 aromatic rings. The fourth-order valence-electron chi connectivity index (χ4n) is 1.69. The molecule has 100 valence electrons. The summed E-state index contributed by atoms with van der Waals surface area (Å²) >= 11 is 3.78. The molecule has 0 aliphatic carbocycles. The van der Waals surface area contributed by atoms with Crippen LogP contribution < -0.4 is 10.1 Å². The number of halogens is 1. The molecule has 1 amide bonds. The number of nitrogens with one attached hydrogen (secondary N) is 1. The molecule has 1 aromatic heterocycles. The van der Waals surface area contributed by atoms with Gasteiger partial charge in [-0.15, -0.1) is 11.3 Å². The van der Waals surface area contributed by atoms with Crippen LogP contribution in [0, 0.1) is 2.88 Å². The van der Waals surface area contributed by atoms with Crippen molar-refractivity contribution in [3.63, 3.8) is 0 Å². The van der Waals surface area contributed by atoms with Crippen molar-refractivity contribution in [2.75, 3.05) is 7.11 Å². The molecule has 19 heavy (non-hydrogen) atoms. The van der Waals surface area contributed by atoms with E-state index >= 15 is 0 Å². The summed E-state index contributed by atoms with van der Waals surface area (Å²) in [4.78, 5) is 12.0. The molecule has 0 aliphatic rings. The summed E-state index contributed by atoms with van der Waals surface area (Å²) in [6.45, 7) is 1.97. The van der Waals surface area contributed by atoms with Gasteiger partial charge in [0.05, 0.1) is 21.6 Å². The number of carbonyl (C=O) groups is 1. The van der Waals surface area contributed by atoms with Crippen LogP contribution in [0.5, 0.6) is 5.75 Å². The van der Waals surface area contributed by atoms with Gasteiger partial charge >= 0.3 is 0 Å². The van der Waals surface area contributed by atoms with Crippen LogP contribution >= 0.6 is 33.9 Å². The van der Waals surface area contributed by atoms with E-state index in [1.807, 2.05) is 42.6 Å². The summed E-state index contributed by atoms with van der Waals surface area (Å²) in [5.74, 6) is 0.775. The number of methoxy groups -OCH3 is 1. The SMILES string of the molecule is COc1ccc(C(C)NC(=O)c2csc(I)c2)cc1. The van der Waals surface area contributed by atoms with Gasteiger partial charge in [0.25, 0.3) is 5.91 Å². The van der Waals surface area contributed by atoms with Gasteiger partial charge in [0.2, 0.25) is 0 Å². The molecule has 0 aliphatic heterocycles. The van der Waals surface area contributed by atoms with Crippen LogP contribution in [0.4, 0.5) is 0 Å². The molecule has 0 saturated heterocycles. The predicted molar refractivity (Wildman–Crippen MR) is 85.9 cm³/mol. The van der Waals surface area contributed by atoms with Gasteiger partial charge in [-0.2, -0.15) is 0 Å². The predicted octanol–water partition coefficient (Wildman–Crippen LogP) is 3.85. The fourth-order valence-corrected chi connectivity index (χ4v) is 3.01. The minimum absolute atomic E-state index is 0.0315. The Morgan fingerprint density at radius 2 is 2.05 bits per heavy atom. The van der Waals surface area contributed by atoms with Crippen LogP contribution in [-0.4, -0.2) is 13.0 Å². The topological polar surface area (TPSA) is 38.3 Å². The Kier molecular flexibility index (Phi) is 4.81. The molecule has 1 aromatic carbocycles. The summed E-state index contributed by atoms with van der Waals surface area (Å²) in [5, 5.41) is 4.86. The van der Waals surface area contributed by atoms with Gasteiger partial charge in [-0.3, -0.25) is 4.79 Å². The first-order valence-electron chi connectivity index (χ1n) is 5.79. The highest BCUT2D eigenvalue weighted by Crippen LogP contribution is 2.20. The average molecular weight is 387 g/mol. The summed E-state index contributed by atoms with van der Waals surface area (Å²) in [6.07, 6.45) is 0. The van der Waals surface area contributed by atoms with Crippen molar-refractivity contribution in [3.8, 4) is 5.75 Å². The molecule has 0 bridgehead atoms. The number of amides is 1. The Bertz CT molecular complexity index is 565. The van der Waals surface area contributed by atoms with E-state index in [0.29, 0.717) is 0 Å². The zero-order valence-electron chi connectivity index (χ0n) is 10.6. The van der Waals surface area contributed by atoms with Crippen LogP contribution in [0.25, 0.3) is 0 Å². The Morgan fingerprint density at radius 3 is 2.58 bits per heavy atom. The quantitative estimate of drug-likeness (QED) is 0.810. The molecule has 1 atom stereocenters. The third-order valence-corrected chi connectivity index (χ3v) is 4.58. The van der Waals surface area contributed by atoms with Crippen molar-refractivity contribution in [1.82, 2.24) is 5.32 Å². The maximum Gasteiger partial charge on any atom is 0.252 e. The lowest BCUT2D eigenvalue weighted by Crippen LogP contribution is -2.26. The second-order valence-electron chi connectivity index (χ2n) is 4.11. The van der Waals surface area contributed by atoms with Crippen LogP contribution in [0.1, 0.15) is 28.9 Å². The molecule has 0 radical (unpaired) electrons. The molecule has 2 rings (SSSR count). The van der Waals surface area contributed by atoms with E-state index < -0.39 is 0 Å². The van der Waals surface area contributed by atoms with E-state index in [9.17, 15) is 4.79 Å². The third-order valence-electron chi connectivity index (χ3n) is 2.79. The molecule has 3 nitrogen and oxygen atoms in total. The zero-order chi connectivity index (χ0) is 13.8. The van der Waals surface area contributed by atoms with Gasteiger partial charge in [0.1, 0.15) is 5.75 Å². The van der Waals surface area contributed by atoms with Crippen molar-refractivity contribution in [2.24, 2.45) is 0 Å². The van der Waals surface area contributed by atoms with E-state index in [1.54, 1.807) is 18.4 Å². The summed E-state index contributed by atoms with van der Waals surface area (Å²) in [6, 6.07) is 9.57. The lowest BCUT2D eigenvalue weighted by Gasteiger charge is -2.14. The largest absolute Gasteiger partial charge is 0.497 e. The minimum Gasteiger partial charge on any atom is -0.497 e. The smallest absolute Gasteiger partial charge is 0.252 e. The van der Waals surface area contributed by atoms with Crippen molar-refractivity contribution < 1.29 is 9.53 Å². The third kappa shape index (κ3) is 3.70. The Labute approximate surface area is 130 Å². The molecule has 0 saturated carbocycles. The second-order valence-corrected chi connectivity index (χ2v) is 6.91. The normalized spacial score (nSPS) is 11.9. The maximum atomic E-state index is 12.0. The first-order chi connectivity index (χ1) is 9.10. The number of carbonyl (C=O) groups excluding carboxylic acids is 1. The molecule has 1 heterocycles. The first kappa shape index (κ1) is 14.3. The van der Waals surface area contributed by atoms with E-state index in [-0.39, 0.29) is 11.9 Å². The average Bonchev–Trinajstić information content (AvgIpc) is 2.85. The highest BCUT2D eigenvalue weighted by Gasteiger charge is 2.12. The molecule has 1 N–H and O–H groups in total. The summed E-state index contributed by atoms with van der Waals surface area (Å²) in [7, 11) is 1.64. The van der Waals surface area contributed by atoms with Crippen molar-refractivity contribution in [1.29, 1.82) is 0 Å². The highest BCUT2D eigenvalue weighted by molar-refractivity contribution is 14.1. The number of benzene rings is 1. The van der Waals surface area contributed by atoms with Crippen LogP contribution in [0.3, 0.4) is 0 Å². The molecule has 0 fully saturated rings. The first-order valence-corrected chi connectivity index (χ1v) is 7.75. The molecule has 5 heteroatoms. The van der Waals surface area contributed by atoms with Crippen molar-refractivity contribution in [3.05, 3.63) is 49.7 Å². The zero-order valence-corrected chi connectivity index (χ0v) is 13.6. The standard InChI is InChI=1S/C14H14INO2S/c1-9(10-3-5-12(18-2)6-4-10)16-14(17)11-7-13(15)19-8-11/h3-9H,1-2H3,(H,16,17). The Balaban J connectivity index is 2.03. The minimum atomic E-state index is -0.0394. The van der Waals surface area contributed by atoms with Crippen molar-refractivity contribution >= 4 is 39.8 Å². The molecular formula is C14H14INO2S. The number of ether oxygens (including phenoxy) is 1. The number of hydrogen-bond acceptors (Lipinski definition) is 3. The maximum absolute atomic E-state index is 12.0. The summed E-state index contributed by atoms with van der Waals surface area (Å²) < 4.78 is 6.23. The molecular weight excluding hydrogens is 373 g/mol. The van der Waals surface area contributed by atoms with Gasteiger partial charge in [0, 0.05) is 5.38 Å². The van der Waals surface area contributed by atoms with Crippen molar-refractivity contribution in [2.45, 2.75) is 13.0 Å². The number of hydrogen-bond donors (Lipinski definition) is 1. The van der Waals surface area contributed by atoms with Crippen LogP contribution in [-0.2, 0) is 0 Å². The van der Waals surface area contributed by atoms with E-state index in [4.69, 9.17) is 4.74 Å². The Morgan fingerprint density at radius 1 is 1.37 bits per heavy atom. The van der Waals surface area contributed by atoms with E-state index in [1.165, 1.54) is 0 Å². The van der Waals surface area contributed by atoms with Gasteiger partial charge in [0.15, 0.2) is 0 Å². The number of rotatable bonds is 4. The van der Waals surface area contributed by atoms with E-state index in [0.717, 1.165) is 19.8 Å².